The Hall–Kier alpha value is -2.30. The van der Waals surface area contributed by atoms with Crippen LogP contribution >= 0.6 is 0 Å². The van der Waals surface area contributed by atoms with Crippen LogP contribution in [-0.2, 0) is 9.53 Å². The first-order valence-corrected chi connectivity index (χ1v) is 7.69. The number of hydrogen-bond donors (Lipinski definition) is 1. The maximum absolute atomic E-state index is 12.2. The molecule has 1 saturated heterocycles. The summed E-state index contributed by atoms with van der Waals surface area (Å²) in [6.07, 6.45) is 4.82. The summed E-state index contributed by atoms with van der Waals surface area (Å²) in [4.78, 5) is 29.2. The summed E-state index contributed by atoms with van der Waals surface area (Å²) < 4.78 is 5.21. The van der Waals surface area contributed by atoms with Crippen LogP contribution in [0.25, 0.3) is 10.9 Å². The Morgan fingerprint density at radius 3 is 2.95 bits per heavy atom. The van der Waals surface area contributed by atoms with E-state index in [1.54, 1.807) is 6.20 Å². The molecule has 1 amide bonds. The Morgan fingerprint density at radius 2 is 2.14 bits per heavy atom. The van der Waals surface area contributed by atoms with E-state index in [1.165, 1.54) is 0 Å². The average Bonchev–Trinajstić information content (AvgIpc) is 2.97. The fourth-order valence-electron chi connectivity index (χ4n) is 3.00. The predicted molar refractivity (Wildman–Crippen MR) is 83.6 cm³/mol. The SMILES string of the molecule is C[C@@H]1CCCCN1C(=O)COC(=O)c1c[nH]c2ccccc12. The minimum Gasteiger partial charge on any atom is -0.452 e. The summed E-state index contributed by atoms with van der Waals surface area (Å²) in [5, 5.41) is 0.811. The number of carbonyl (C=O) groups excluding carboxylic acids is 2. The van der Waals surface area contributed by atoms with Gasteiger partial charge in [-0.2, -0.15) is 0 Å². The van der Waals surface area contributed by atoms with Crippen molar-refractivity contribution in [3.8, 4) is 0 Å². The zero-order chi connectivity index (χ0) is 15.5. The van der Waals surface area contributed by atoms with Crippen LogP contribution < -0.4 is 0 Å². The van der Waals surface area contributed by atoms with Crippen LogP contribution in [0, 0.1) is 0 Å². The number of nitrogens with one attached hydrogen (secondary N) is 1. The van der Waals surface area contributed by atoms with Crippen LogP contribution in [0.3, 0.4) is 0 Å². The monoisotopic (exact) mass is 300 g/mol. The van der Waals surface area contributed by atoms with Crippen LogP contribution in [0.5, 0.6) is 0 Å². The molecule has 0 unspecified atom stereocenters. The number of aromatic amines is 1. The number of aromatic nitrogens is 1. The quantitative estimate of drug-likeness (QED) is 0.887. The van der Waals surface area contributed by atoms with Crippen molar-refractivity contribution in [3.63, 3.8) is 0 Å². The summed E-state index contributed by atoms with van der Waals surface area (Å²) in [6, 6.07) is 7.75. The number of piperidine rings is 1. The second-order valence-corrected chi connectivity index (χ2v) is 5.76. The summed E-state index contributed by atoms with van der Waals surface area (Å²) in [7, 11) is 0. The molecule has 1 aliphatic heterocycles. The van der Waals surface area contributed by atoms with Crippen molar-refractivity contribution in [2.75, 3.05) is 13.2 Å². The molecule has 1 aromatic heterocycles. The molecule has 0 spiro atoms. The van der Waals surface area contributed by atoms with E-state index in [-0.39, 0.29) is 18.6 Å². The van der Waals surface area contributed by atoms with Crippen LogP contribution in [0.1, 0.15) is 36.5 Å². The Bertz CT molecular complexity index is 692. The second-order valence-electron chi connectivity index (χ2n) is 5.76. The van der Waals surface area contributed by atoms with E-state index in [9.17, 15) is 9.59 Å². The highest BCUT2D eigenvalue weighted by Gasteiger charge is 2.24. The zero-order valence-electron chi connectivity index (χ0n) is 12.7. The normalized spacial score (nSPS) is 18.4. The number of likely N-dealkylation sites (tertiary alicyclic amines) is 1. The molecule has 2 aromatic rings. The van der Waals surface area contributed by atoms with Gasteiger partial charge in [-0.05, 0) is 32.3 Å². The van der Waals surface area contributed by atoms with Gasteiger partial charge in [-0.25, -0.2) is 4.79 Å². The number of benzene rings is 1. The lowest BCUT2D eigenvalue weighted by Crippen LogP contribution is -2.44. The number of fused-ring (bicyclic) bond motifs is 1. The fourth-order valence-corrected chi connectivity index (χ4v) is 3.00. The Balaban J connectivity index is 1.63. The number of hydrogen-bond acceptors (Lipinski definition) is 3. The molecule has 116 valence electrons. The van der Waals surface area contributed by atoms with Crippen LogP contribution in [0.4, 0.5) is 0 Å². The molecule has 1 aliphatic rings. The largest absolute Gasteiger partial charge is 0.452 e. The summed E-state index contributed by atoms with van der Waals surface area (Å²) in [5.41, 5.74) is 1.35. The highest BCUT2D eigenvalue weighted by molar-refractivity contribution is 6.04. The van der Waals surface area contributed by atoms with Crippen molar-refractivity contribution in [2.24, 2.45) is 0 Å². The number of nitrogens with zero attached hydrogens (tertiary/aromatic N) is 1. The molecule has 5 nitrogen and oxygen atoms in total. The van der Waals surface area contributed by atoms with E-state index in [0.29, 0.717) is 5.56 Å². The van der Waals surface area contributed by atoms with E-state index in [1.807, 2.05) is 36.1 Å². The van der Waals surface area contributed by atoms with Crippen molar-refractivity contribution in [3.05, 3.63) is 36.0 Å². The van der Waals surface area contributed by atoms with Crippen molar-refractivity contribution in [2.45, 2.75) is 32.2 Å². The average molecular weight is 300 g/mol. The standard InChI is InChI=1S/C17H20N2O3/c1-12-6-4-5-9-19(12)16(20)11-22-17(21)14-10-18-15-8-3-2-7-13(14)15/h2-3,7-8,10,12,18H,4-6,9,11H2,1H3/t12-/m1/s1. The predicted octanol–water partition coefficient (Wildman–Crippen LogP) is 2.73. The van der Waals surface area contributed by atoms with Crippen molar-refractivity contribution >= 4 is 22.8 Å². The molecular formula is C17H20N2O3. The lowest BCUT2D eigenvalue weighted by atomic mass is 10.0. The first-order valence-electron chi connectivity index (χ1n) is 7.69. The highest BCUT2D eigenvalue weighted by Crippen LogP contribution is 2.19. The minimum atomic E-state index is -0.463. The molecule has 5 heteroatoms. The molecule has 1 fully saturated rings. The lowest BCUT2D eigenvalue weighted by Gasteiger charge is -2.33. The third-order valence-corrected chi connectivity index (χ3v) is 4.26. The van der Waals surface area contributed by atoms with E-state index >= 15 is 0 Å². The minimum absolute atomic E-state index is 0.111. The summed E-state index contributed by atoms with van der Waals surface area (Å²) >= 11 is 0. The van der Waals surface area contributed by atoms with Gasteiger partial charge in [-0.15, -0.1) is 0 Å². The highest BCUT2D eigenvalue weighted by atomic mass is 16.5. The van der Waals surface area contributed by atoms with Crippen molar-refractivity contribution in [1.29, 1.82) is 0 Å². The summed E-state index contributed by atoms with van der Waals surface area (Å²) in [6.45, 7) is 2.60. The van der Waals surface area contributed by atoms with E-state index in [4.69, 9.17) is 4.74 Å². The van der Waals surface area contributed by atoms with E-state index in [0.717, 1.165) is 36.7 Å². The lowest BCUT2D eigenvalue weighted by molar-refractivity contribution is -0.137. The first-order chi connectivity index (χ1) is 10.7. The number of H-pyrrole nitrogens is 1. The van der Waals surface area contributed by atoms with Gasteiger partial charge in [-0.3, -0.25) is 4.79 Å². The van der Waals surface area contributed by atoms with Gasteiger partial charge in [-0.1, -0.05) is 18.2 Å². The van der Waals surface area contributed by atoms with Gasteiger partial charge in [0.1, 0.15) is 0 Å². The van der Waals surface area contributed by atoms with Gasteiger partial charge >= 0.3 is 5.97 Å². The number of esters is 1. The molecule has 2 heterocycles. The smallest absolute Gasteiger partial charge is 0.340 e. The van der Waals surface area contributed by atoms with E-state index < -0.39 is 5.97 Å². The van der Waals surface area contributed by atoms with Crippen molar-refractivity contribution in [1.82, 2.24) is 9.88 Å². The zero-order valence-corrected chi connectivity index (χ0v) is 12.7. The van der Waals surface area contributed by atoms with E-state index in [2.05, 4.69) is 4.98 Å². The third kappa shape index (κ3) is 2.84. The number of rotatable bonds is 3. The molecule has 22 heavy (non-hydrogen) atoms. The Morgan fingerprint density at radius 1 is 1.32 bits per heavy atom. The van der Waals surface area contributed by atoms with Gasteiger partial charge in [0, 0.05) is 29.7 Å². The van der Waals surface area contributed by atoms with Crippen LogP contribution in [0.2, 0.25) is 0 Å². The number of carbonyl (C=O) groups is 2. The molecule has 1 N–H and O–H groups in total. The number of ether oxygens (including phenoxy) is 1. The molecule has 3 rings (SSSR count). The first kappa shape index (κ1) is 14.6. The molecule has 0 bridgehead atoms. The molecule has 0 aliphatic carbocycles. The Labute approximate surface area is 129 Å². The topological polar surface area (TPSA) is 62.4 Å². The van der Waals surface area contributed by atoms with Gasteiger partial charge in [0.05, 0.1) is 5.56 Å². The number of amides is 1. The second kappa shape index (κ2) is 6.22. The molecule has 1 aromatic carbocycles. The van der Waals surface area contributed by atoms with Crippen LogP contribution in [-0.4, -0.2) is 41.0 Å². The number of para-hydroxylation sites is 1. The fraction of sp³-hybridized carbons (Fsp3) is 0.412. The molecule has 0 saturated carbocycles. The van der Waals surface area contributed by atoms with Gasteiger partial charge < -0.3 is 14.6 Å². The maximum atomic E-state index is 12.2. The van der Waals surface area contributed by atoms with Gasteiger partial charge in [0.2, 0.25) is 0 Å². The van der Waals surface area contributed by atoms with Gasteiger partial charge in [0.25, 0.3) is 5.91 Å². The molecule has 0 radical (unpaired) electrons. The third-order valence-electron chi connectivity index (χ3n) is 4.26. The van der Waals surface area contributed by atoms with Crippen LogP contribution in [0.15, 0.2) is 30.5 Å². The van der Waals surface area contributed by atoms with Crippen molar-refractivity contribution < 1.29 is 14.3 Å². The summed E-state index contributed by atoms with van der Waals surface area (Å²) in [5.74, 6) is -0.573. The molecule has 1 atom stereocenters. The molecular weight excluding hydrogens is 280 g/mol. The Kier molecular flexibility index (Phi) is 4.13. The maximum Gasteiger partial charge on any atom is 0.340 e. The van der Waals surface area contributed by atoms with Gasteiger partial charge in [0.15, 0.2) is 6.61 Å².